The fourth-order valence-corrected chi connectivity index (χ4v) is 3.48. The number of nitrogens with zero attached hydrogens (tertiary/aromatic N) is 3. The average Bonchev–Trinajstić information content (AvgIpc) is 3.31. The minimum Gasteiger partial charge on any atom is -0.322 e. The van der Waals surface area contributed by atoms with Gasteiger partial charge in [0.2, 0.25) is 5.13 Å². The summed E-state index contributed by atoms with van der Waals surface area (Å²) in [5.41, 5.74) is 0.343. The van der Waals surface area contributed by atoms with Crippen molar-refractivity contribution >= 4 is 22.9 Å². The molecule has 2 aromatic carbocycles. The van der Waals surface area contributed by atoms with Gasteiger partial charge >= 0.3 is 0 Å². The van der Waals surface area contributed by atoms with Gasteiger partial charge in [-0.15, -0.1) is 11.3 Å². The SMILES string of the molecule is Cc1nn(-c2nccs2)cc1-c1ccc(NC(=O)c2c(F)cc(F)cc2F)cc1F. The van der Waals surface area contributed by atoms with Crippen LogP contribution in [0.3, 0.4) is 0 Å². The van der Waals surface area contributed by atoms with Crippen LogP contribution in [0.1, 0.15) is 16.1 Å². The van der Waals surface area contributed by atoms with Gasteiger partial charge in [0, 0.05) is 46.7 Å². The minimum absolute atomic E-state index is 0.0191. The van der Waals surface area contributed by atoms with Crippen molar-refractivity contribution < 1.29 is 22.4 Å². The van der Waals surface area contributed by atoms with Crippen molar-refractivity contribution in [3.8, 4) is 16.3 Å². The highest BCUT2D eigenvalue weighted by atomic mass is 32.1. The van der Waals surface area contributed by atoms with Crippen LogP contribution in [0.4, 0.5) is 23.2 Å². The molecule has 4 aromatic rings. The predicted octanol–water partition coefficient (Wildman–Crippen LogP) is 5.11. The van der Waals surface area contributed by atoms with E-state index in [1.54, 1.807) is 24.7 Å². The van der Waals surface area contributed by atoms with Gasteiger partial charge in [0.05, 0.1) is 5.69 Å². The first-order chi connectivity index (χ1) is 14.3. The molecule has 0 aliphatic carbocycles. The number of amides is 1. The molecular formula is C20H12F4N4OS. The molecule has 2 aromatic heterocycles. The van der Waals surface area contributed by atoms with Crippen molar-refractivity contribution in [3.63, 3.8) is 0 Å². The van der Waals surface area contributed by atoms with Crippen LogP contribution in [0.5, 0.6) is 0 Å². The maximum Gasteiger partial charge on any atom is 0.261 e. The van der Waals surface area contributed by atoms with Crippen LogP contribution >= 0.6 is 11.3 Å². The molecule has 5 nitrogen and oxygen atoms in total. The second-order valence-electron chi connectivity index (χ2n) is 6.28. The second kappa shape index (κ2) is 7.71. The zero-order valence-corrected chi connectivity index (χ0v) is 16.1. The van der Waals surface area contributed by atoms with Gasteiger partial charge in [-0.05, 0) is 25.1 Å². The monoisotopic (exact) mass is 432 g/mol. The van der Waals surface area contributed by atoms with Gasteiger partial charge in [-0.2, -0.15) is 5.10 Å². The molecule has 0 aliphatic heterocycles. The third kappa shape index (κ3) is 3.69. The molecule has 0 bridgehead atoms. The van der Waals surface area contributed by atoms with Gasteiger partial charge < -0.3 is 5.32 Å². The minimum atomic E-state index is -1.35. The van der Waals surface area contributed by atoms with E-state index in [4.69, 9.17) is 0 Å². The lowest BCUT2D eigenvalue weighted by atomic mass is 10.1. The summed E-state index contributed by atoms with van der Waals surface area (Å²) in [7, 11) is 0. The van der Waals surface area contributed by atoms with E-state index >= 15 is 0 Å². The van der Waals surface area contributed by atoms with Crippen LogP contribution in [0.25, 0.3) is 16.3 Å². The number of aromatic nitrogens is 3. The molecule has 0 aliphatic rings. The lowest BCUT2D eigenvalue weighted by Crippen LogP contribution is -2.16. The Balaban J connectivity index is 1.61. The Morgan fingerprint density at radius 3 is 2.40 bits per heavy atom. The highest BCUT2D eigenvalue weighted by Crippen LogP contribution is 2.29. The van der Waals surface area contributed by atoms with Crippen LogP contribution in [-0.4, -0.2) is 20.7 Å². The second-order valence-corrected chi connectivity index (χ2v) is 7.15. The molecule has 0 atom stereocenters. The Kier molecular flexibility index (Phi) is 5.08. The number of thiazole rings is 1. The largest absolute Gasteiger partial charge is 0.322 e. The molecule has 30 heavy (non-hydrogen) atoms. The van der Waals surface area contributed by atoms with E-state index < -0.39 is 34.7 Å². The van der Waals surface area contributed by atoms with E-state index in [9.17, 15) is 22.4 Å². The van der Waals surface area contributed by atoms with Crippen LogP contribution < -0.4 is 5.32 Å². The van der Waals surface area contributed by atoms with Gasteiger partial charge in [0.15, 0.2) is 0 Å². The van der Waals surface area contributed by atoms with E-state index in [0.29, 0.717) is 28.5 Å². The van der Waals surface area contributed by atoms with E-state index in [2.05, 4.69) is 15.4 Å². The lowest BCUT2D eigenvalue weighted by molar-refractivity contribution is 0.101. The van der Waals surface area contributed by atoms with E-state index in [-0.39, 0.29) is 11.3 Å². The number of carbonyl (C=O) groups excluding carboxylic acids is 1. The average molecular weight is 432 g/mol. The Morgan fingerprint density at radius 2 is 1.77 bits per heavy atom. The smallest absolute Gasteiger partial charge is 0.261 e. The summed E-state index contributed by atoms with van der Waals surface area (Å²) in [5.74, 6) is -5.69. The predicted molar refractivity (Wildman–Crippen MR) is 104 cm³/mol. The number of hydrogen-bond donors (Lipinski definition) is 1. The van der Waals surface area contributed by atoms with Crippen LogP contribution in [0, 0.1) is 30.2 Å². The topological polar surface area (TPSA) is 59.8 Å². The molecule has 0 saturated carbocycles. The molecule has 1 N–H and O–H groups in total. The van der Waals surface area contributed by atoms with Gasteiger partial charge in [-0.25, -0.2) is 27.2 Å². The fraction of sp³-hybridized carbons (Fsp3) is 0.0500. The van der Waals surface area contributed by atoms with Gasteiger partial charge in [-0.3, -0.25) is 4.79 Å². The van der Waals surface area contributed by atoms with Crippen LogP contribution in [0.2, 0.25) is 0 Å². The summed E-state index contributed by atoms with van der Waals surface area (Å²) in [5, 5.41) is 8.94. The summed E-state index contributed by atoms with van der Waals surface area (Å²) < 4.78 is 56.8. The molecule has 0 fully saturated rings. The number of halogens is 4. The summed E-state index contributed by atoms with van der Waals surface area (Å²) in [4.78, 5) is 16.3. The lowest BCUT2D eigenvalue weighted by Gasteiger charge is -2.09. The van der Waals surface area contributed by atoms with Gasteiger partial charge in [0.1, 0.15) is 28.8 Å². The normalized spacial score (nSPS) is 11.0. The first-order valence-electron chi connectivity index (χ1n) is 8.55. The molecule has 0 spiro atoms. The third-order valence-electron chi connectivity index (χ3n) is 4.27. The molecular weight excluding hydrogens is 420 g/mol. The molecule has 2 heterocycles. The molecule has 0 radical (unpaired) electrons. The third-order valence-corrected chi connectivity index (χ3v) is 5.03. The first-order valence-corrected chi connectivity index (χ1v) is 9.43. The van der Waals surface area contributed by atoms with Crippen molar-refractivity contribution in [2.24, 2.45) is 0 Å². The van der Waals surface area contributed by atoms with Gasteiger partial charge in [-0.1, -0.05) is 0 Å². The Bertz CT molecular complexity index is 1230. The molecule has 10 heteroatoms. The standard InChI is InChI=1S/C20H12F4N4OS/c1-10-14(9-28(27-10)20-25-4-5-30-20)13-3-2-12(8-15(13)22)26-19(29)18-16(23)6-11(21)7-17(18)24/h2-9H,1H3,(H,26,29). The maximum absolute atomic E-state index is 14.7. The van der Waals surface area contributed by atoms with E-state index in [0.717, 1.165) is 6.07 Å². The molecule has 0 saturated heterocycles. The van der Waals surface area contributed by atoms with Gasteiger partial charge in [0.25, 0.3) is 5.91 Å². The van der Waals surface area contributed by atoms with Crippen LogP contribution in [-0.2, 0) is 0 Å². The van der Waals surface area contributed by atoms with Crippen molar-refractivity contribution in [1.29, 1.82) is 0 Å². The zero-order chi connectivity index (χ0) is 21.4. The number of aryl methyl sites for hydroxylation is 1. The number of carbonyl (C=O) groups is 1. The highest BCUT2D eigenvalue weighted by Gasteiger charge is 2.20. The summed E-state index contributed by atoms with van der Waals surface area (Å²) >= 11 is 1.37. The van der Waals surface area contributed by atoms with Crippen molar-refractivity contribution in [3.05, 3.63) is 82.6 Å². The van der Waals surface area contributed by atoms with E-state index in [1.165, 1.54) is 28.2 Å². The number of benzene rings is 2. The maximum atomic E-state index is 14.7. The zero-order valence-electron chi connectivity index (χ0n) is 15.3. The molecule has 152 valence electrons. The fourth-order valence-electron chi connectivity index (χ4n) is 2.92. The highest BCUT2D eigenvalue weighted by molar-refractivity contribution is 7.12. The van der Waals surface area contributed by atoms with Crippen molar-refractivity contribution in [2.45, 2.75) is 6.92 Å². The first kappa shape index (κ1) is 19.8. The number of anilines is 1. The summed E-state index contributed by atoms with van der Waals surface area (Å²) in [6, 6.07) is 4.61. The van der Waals surface area contributed by atoms with Crippen molar-refractivity contribution in [1.82, 2.24) is 14.8 Å². The molecule has 1 amide bonds. The molecule has 0 unspecified atom stereocenters. The Labute approximate surface area is 171 Å². The number of rotatable bonds is 4. The van der Waals surface area contributed by atoms with E-state index in [1.807, 2.05) is 0 Å². The van der Waals surface area contributed by atoms with Crippen molar-refractivity contribution in [2.75, 3.05) is 5.32 Å². The summed E-state index contributed by atoms with van der Waals surface area (Å²) in [6.07, 6.45) is 3.26. The number of hydrogen-bond acceptors (Lipinski definition) is 4. The number of nitrogens with one attached hydrogen (secondary N) is 1. The summed E-state index contributed by atoms with van der Waals surface area (Å²) in [6.45, 7) is 1.72. The quantitative estimate of drug-likeness (QED) is 0.456. The molecule has 4 rings (SSSR count). The Morgan fingerprint density at radius 1 is 1.03 bits per heavy atom. The Hall–Kier alpha value is -3.53. The van der Waals surface area contributed by atoms with Crippen LogP contribution in [0.15, 0.2) is 48.1 Å².